The van der Waals surface area contributed by atoms with Crippen LogP contribution in [0.2, 0.25) is 0 Å². The van der Waals surface area contributed by atoms with Gasteiger partial charge in [-0.25, -0.2) is 0 Å². The third-order valence-corrected chi connectivity index (χ3v) is 6.11. The van der Waals surface area contributed by atoms with Crippen LogP contribution >= 0.6 is 11.3 Å². The Labute approximate surface area is 159 Å². The van der Waals surface area contributed by atoms with Gasteiger partial charge >= 0.3 is 0 Å². The fourth-order valence-corrected chi connectivity index (χ4v) is 4.57. The van der Waals surface area contributed by atoms with Crippen LogP contribution in [0.1, 0.15) is 56.9 Å². The number of thiophene rings is 1. The number of carbonyl (C=O) groups is 2. The van der Waals surface area contributed by atoms with E-state index < -0.39 is 0 Å². The van der Waals surface area contributed by atoms with Gasteiger partial charge in [-0.1, -0.05) is 31.0 Å². The van der Waals surface area contributed by atoms with E-state index in [9.17, 15) is 9.59 Å². The predicted molar refractivity (Wildman–Crippen MR) is 107 cm³/mol. The number of amides is 2. The maximum Gasteiger partial charge on any atom is 0.261 e. The normalized spacial score (nSPS) is 14.1. The minimum absolute atomic E-state index is 0.0187. The van der Waals surface area contributed by atoms with E-state index in [1.807, 2.05) is 38.1 Å². The van der Waals surface area contributed by atoms with Crippen LogP contribution in [0.15, 0.2) is 24.3 Å². The standard InChI is InChI=1S/C21H26N2O2S/c1-14-8-7-9-15(2)20(14)23-19(24)13-22-21(25)18-12-16-10-5-3-4-6-11-17(16)26-18/h7-9,12H,3-6,10-11,13H2,1-2H3,(H,22,25)(H,23,24). The molecule has 5 heteroatoms. The van der Waals surface area contributed by atoms with E-state index >= 15 is 0 Å². The summed E-state index contributed by atoms with van der Waals surface area (Å²) in [7, 11) is 0. The minimum Gasteiger partial charge on any atom is -0.342 e. The Morgan fingerprint density at radius 2 is 1.73 bits per heavy atom. The third-order valence-electron chi connectivity index (χ3n) is 4.88. The lowest BCUT2D eigenvalue weighted by Gasteiger charge is -2.11. The molecule has 0 radical (unpaired) electrons. The summed E-state index contributed by atoms with van der Waals surface area (Å²) in [6.45, 7) is 3.90. The van der Waals surface area contributed by atoms with Gasteiger partial charge in [0.25, 0.3) is 5.91 Å². The van der Waals surface area contributed by atoms with Crippen LogP contribution in [0.3, 0.4) is 0 Å². The highest BCUT2D eigenvalue weighted by molar-refractivity contribution is 7.14. The molecule has 2 N–H and O–H groups in total. The van der Waals surface area contributed by atoms with Crippen LogP contribution in [0.4, 0.5) is 5.69 Å². The summed E-state index contributed by atoms with van der Waals surface area (Å²) >= 11 is 1.58. The number of rotatable bonds is 4. The van der Waals surface area contributed by atoms with Gasteiger partial charge in [-0.05, 0) is 62.3 Å². The van der Waals surface area contributed by atoms with E-state index in [0.29, 0.717) is 0 Å². The Morgan fingerprint density at radius 1 is 1.04 bits per heavy atom. The molecule has 0 spiro atoms. The lowest BCUT2D eigenvalue weighted by atomic mass is 10.00. The predicted octanol–water partition coefficient (Wildman–Crippen LogP) is 4.39. The molecule has 138 valence electrons. The number of aryl methyl sites for hydroxylation is 4. The molecule has 0 bridgehead atoms. The summed E-state index contributed by atoms with van der Waals surface area (Å²) in [6.07, 6.45) is 7.08. The topological polar surface area (TPSA) is 58.2 Å². The highest BCUT2D eigenvalue weighted by Crippen LogP contribution is 2.28. The van der Waals surface area contributed by atoms with Crippen molar-refractivity contribution in [3.05, 3.63) is 50.7 Å². The molecule has 0 fully saturated rings. The quantitative estimate of drug-likeness (QED) is 0.838. The summed E-state index contributed by atoms with van der Waals surface area (Å²) in [6, 6.07) is 7.90. The molecule has 4 nitrogen and oxygen atoms in total. The maximum absolute atomic E-state index is 12.4. The van der Waals surface area contributed by atoms with Crippen LogP contribution in [-0.4, -0.2) is 18.4 Å². The summed E-state index contributed by atoms with van der Waals surface area (Å²) in [5, 5.41) is 5.66. The van der Waals surface area contributed by atoms with Crippen molar-refractivity contribution in [2.24, 2.45) is 0 Å². The van der Waals surface area contributed by atoms with Crippen LogP contribution < -0.4 is 10.6 Å². The van der Waals surface area contributed by atoms with Gasteiger partial charge < -0.3 is 10.6 Å². The smallest absolute Gasteiger partial charge is 0.261 e. The first-order valence-electron chi connectivity index (χ1n) is 9.30. The van der Waals surface area contributed by atoms with Gasteiger partial charge in [-0.15, -0.1) is 11.3 Å². The van der Waals surface area contributed by atoms with E-state index in [2.05, 4.69) is 10.6 Å². The second-order valence-corrected chi connectivity index (χ2v) is 8.11. The molecule has 1 aliphatic carbocycles. The molecule has 1 heterocycles. The molecule has 26 heavy (non-hydrogen) atoms. The molecule has 1 aliphatic rings. The molecule has 1 aromatic carbocycles. The zero-order valence-corrected chi connectivity index (χ0v) is 16.3. The van der Waals surface area contributed by atoms with Crippen LogP contribution in [0.5, 0.6) is 0 Å². The molecule has 1 aromatic heterocycles. The molecule has 3 rings (SSSR count). The van der Waals surface area contributed by atoms with Crippen molar-refractivity contribution in [3.8, 4) is 0 Å². The molecule has 2 amide bonds. The summed E-state index contributed by atoms with van der Waals surface area (Å²) in [5.74, 6) is -0.357. The van der Waals surface area contributed by atoms with Crippen molar-refractivity contribution in [1.29, 1.82) is 0 Å². The zero-order chi connectivity index (χ0) is 18.5. The van der Waals surface area contributed by atoms with Gasteiger partial charge in [0.15, 0.2) is 0 Å². The third kappa shape index (κ3) is 4.52. The number of carbonyl (C=O) groups excluding carboxylic acids is 2. The average molecular weight is 371 g/mol. The second-order valence-electron chi connectivity index (χ2n) is 6.97. The Morgan fingerprint density at radius 3 is 2.46 bits per heavy atom. The first-order chi connectivity index (χ1) is 12.5. The molecule has 0 aliphatic heterocycles. The Kier molecular flexibility index (Phi) is 6.09. The van der Waals surface area contributed by atoms with Crippen molar-refractivity contribution in [2.75, 3.05) is 11.9 Å². The van der Waals surface area contributed by atoms with Crippen molar-refractivity contribution >= 4 is 28.8 Å². The van der Waals surface area contributed by atoms with E-state index in [0.717, 1.165) is 34.5 Å². The highest BCUT2D eigenvalue weighted by Gasteiger charge is 2.16. The average Bonchev–Trinajstić information content (AvgIpc) is 2.98. The molecule has 2 aromatic rings. The number of fused-ring (bicyclic) bond motifs is 1. The Hall–Kier alpha value is -2.14. The summed E-state index contributed by atoms with van der Waals surface area (Å²) in [4.78, 5) is 26.7. The van der Waals surface area contributed by atoms with E-state index in [1.165, 1.54) is 36.1 Å². The van der Waals surface area contributed by atoms with Gasteiger partial charge in [-0.2, -0.15) is 0 Å². The molecule has 0 saturated carbocycles. The SMILES string of the molecule is Cc1cccc(C)c1NC(=O)CNC(=O)c1cc2c(s1)CCCCCC2. The molecule has 0 unspecified atom stereocenters. The number of benzene rings is 1. The number of nitrogens with one attached hydrogen (secondary N) is 2. The first kappa shape index (κ1) is 18.6. The monoisotopic (exact) mass is 370 g/mol. The van der Waals surface area contributed by atoms with Crippen LogP contribution in [-0.2, 0) is 17.6 Å². The van der Waals surface area contributed by atoms with Crippen LogP contribution in [0, 0.1) is 13.8 Å². The Bertz CT molecular complexity index is 765. The molecular formula is C21H26N2O2S. The number of para-hydroxylation sites is 1. The van der Waals surface area contributed by atoms with E-state index in [1.54, 1.807) is 11.3 Å². The fourth-order valence-electron chi connectivity index (χ4n) is 3.40. The van der Waals surface area contributed by atoms with E-state index in [-0.39, 0.29) is 18.4 Å². The minimum atomic E-state index is -0.203. The van der Waals surface area contributed by atoms with Crippen molar-refractivity contribution < 1.29 is 9.59 Å². The number of hydrogen-bond acceptors (Lipinski definition) is 3. The van der Waals surface area contributed by atoms with Gasteiger partial charge in [-0.3, -0.25) is 9.59 Å². The maximum atomic E-state index is 12.4. The van der Waals surface area contributed by atoms with Gasteiger partial charge in [0, 0.05) is 10.6 Å². The molecule has 0 saturated heterocycles. The number of anilines is 1. The van der Waals surface area contributed by atoms with Crippen LogP contribution in [0.25, 0.3) is 0 Å². The first-order valence-corrected chi connectivity index (χ1v) is 10.1. The second kappa shape index (κ2) is 8.49. The van der Waals surface area contributed by atoms with E-state index in [4.69, 9.17) is 0 Å². The Balaban J connectivity index is 1.58. The highest BCUT2D eigenvalue weighted by atomic mass is 32.1. The van der Waals surface area contributed by atoms with Crippen molar-refractivity contribution in [1.82, 2.24) is 5.32 Å². The lowest BCUT2D eigenvalue weighted by Crippen LogP contribution is -2.32. The molecule has 0 atom stereocenters. The largest absolute Gasteiger partial charge is 0.342 e. The van der Waals surface area contributed by atoms with Gasteiger partial charge in [0.2, 0.25) is 5.91 Å². The summed E-state index contributed by atoms with van der Waals surface area (Å²) < 4.78 is 0. The fraction of sp³-hybridized carbons (Fsp3) is 0.429. The van der Waals surface area contributed by atoms with Crippen molar-refractivity contribution in [2.45, 2.75) is 52.4 Å². The molecular weight excluding hydrogens is 344 g/mol. The summed E-state index contributed by atoms with van der Waals surface area (Å²) in [5.41, 5.74) is 4.18. The number of hydrogen-bond donors (Lipinski definition) is 2. The van der Waals surface area contributed by atoms with Gasteiger partial charge in [0.1, 0.15) is 0 Å². The van der Waals surface area contributed by atoms with Crippen molar-refractivity contribution in [3.63, 3.8) is 0 Å². The van der Waals surface area contributed by atoms with Gasteiger partial charge in [0.05, 0.1) is 11.4 Å². The zero-order valence-electron chi connectivity index (χ0n) is 15.5. The lowest BCUT2D eigenvalue weighted by molar-refractivity contribution is -0.115.